The zero-order chi connectivity index (χ0) is 11.2. The van der Waals surface area contributed by atoms with Gasteiger partial charge in [0.15, 0.2) is 0 Å². The molecule has 0 aliphatic carbocycles. The molecule has 0 bridgehead atoms. The lowest BCUT2D eigenvalue weighted by molar-refractivity contribution is 0.00741. The van der Waals surface area contributed by atoms with Crippen molar-refractivity contribution >= 4 is 6.08 Å². The summed E-state index contributed by atoms with van der Waals surface area (Å²) in [4.78, 5) is 0. The smallest absolute Gasteiger partial charge is 0.105 e. The molecule has 0 spiro atoms. The predicted octanol–water partition coefficient (Wildman–Crippen LogP) is 2.41. The lowest BCUT2D eigenvalue weighted by Crippen LogP contribution is -2.27. The topological polar surface area (TPSA) is 29.5 Å². The summed E-state index contributed by atoms with van der Waals surface area (Å²) in [7, 11) is 0. The van der Waals surface area contributed by atoms with Gasteiger partial charge in [0.05, 0.1) is 6.61 Å². The van der Waals surface area contributed by atoms with E-state index < -0.39 is 6.10 Å². The Morgan fingerprint density at radius 3 is 2.81 bits per heavy atom. The Kier molecular flexibility index (Phi) is 3.91. The molecule has 0 amide bonds. The van der Waals surface area contributed by atoms with E-state index in [1.807, 2.05) is 48.6 Å². The number of aliphatic hydroxyl groups excluding tert-OH is 1. The van der Waals surface area contributed by atoms with Crippen molar-refractivity contribution in [3.63, 3.8) is 0 Å². The summed E-state index contributed by atoms with van der Waals surface area (Å²) in [5, 5.41) is 9.87. The first-order chi connectivity index (χ1) is 7.86. The van der Waals surface area contributed by atoms with Crippen molar-refractivity contribution in [1.82, 2.24) is 0 Å². The maximum atomic E-state index is 9.87. The molecule has 2 nitrogen and oxygen atoms in total. The largest absolute Gasteiger partial charge is 0.386 e. The van der Waals surface area contributed by atoms with Gasteiger partial charge in [-0.1, -0.05) is 54.6 Å². The molecule has 0 aromatic heterocycles. The van der Waals surface area contributed by atoms with Crippen LogP contribution < -0.4 is 0 Å². The van der Waals surface area contributed by atoms with Crippen molar-refractivity contribution in [3.05, 3.63) is 54.1 Å². The summed E-state index contributed by atoms with van der Waals surface area (Å²) in [5.74, 6) is 0. The van der Waals surface area contributed by atoms with Gasteiger partial charge in [0.1, 0.15) is 12.2 Å². The fraction of sp³-hybridized carbons (Fsp3) is 0.286. The molecule has 0 radical (unpaired) electrons. The first-order valence-corrected chi connectivity index (χ1v) is 5.56. The fourth-order valence-corrected chi connectivity index (χ4v) is 1.65. The molecular weight excluding hydrogens is 200 g/mol. The van der Waals surface area contributed by atoms with E-state index in [2.05, 4.69) is 0 Å². The lowest BCUT2D eigenvalue weighted by Gasteiger charge is -2.20. The van der Waals surface area contributed by atoms with E-state index in [9.17, 15) is 5.11 Å². The summed E-state index contributed by atoms with van der Waals surface area (Å²) in [6.07, 6.45) is 7.82. The number of benzene rings is 1. The van der Waals surface area contributed by atoms with Gasteiger partial charge in [-0.25, -0.2) is 0 Å². The zero-order valence-electron chi connectivity index (χ0n) is 9.12. The molecule has 1 aliphatic rings. The van der Waals surface area contributed by atoms with Gasteiger partial charge in [-0.15, -0.1) is 0 Å². The van der Waals surface area contributed by atoms with Crippen LogP contribution in [0.2, 0.25) is 0 Å². The fourth-order valence-electron chi connectivity index (χ4n) is 1.65. The lowest BCUT2D eigenvalue weighted by atomic mass is 10.1. The Hall–Kier alpha value is -1.38. The molecule has 2 rings (SSSR count). The average Bonchev–Trinajstić information content (AvgIpc) is 2.38. The normalized spacial score (nSPS) is 22.4. The Labute approximate surface area is 95.9 Å². The quantitative estimate of drug-likeness (QED) is 0.786. The van der Waals surface area contributed by atoms with Gasteiger partial charge in [-0.05, 0) is 12.0 Å². The van der Waals surface area contributed by atoms with E-state index in [0.717, 1.165) is 12.0 Å². The monoisotopic (exact) mass is 216 g/mol. The van der Waals surface area contributed by atoms with E-state index in [1.54, 1.807) is 6.08 Å². The van der Waals surface area contributed by atoms with Crippen LogP contribution in [0.4, 0.5) is 0 Å². The number of ether oxygens (including phenoxy) is 1. The van der Waals surface area contributed by atoms with Crippen LogP contribution in [0.25, 0.3) is 6.08 Å². The molecule has 16 heavy (non-hydrogen) atoms. The van der Waals surface area contributed by atoms with Crippen LogP contribution >= 0.6 is 0 Å². The second kappa shape index (κ2) is 5.64. The summed E-state index contributed by atoms with van der Waals surface area (Å²) in [6, 6.07) is 9.93. The molecule has 84 valence electrons. The zero-order valence-corrected chi connectivity index (χ0v) is 9.12. The van der Waals surface area contributed by atoms with Gasteiger partial charge >= 0.3 is 0 Å². The van der Waals surface area contributed by atoms with Crippen molar-refractivity contribution in [2.24, 2.45) is 0 Å². The minimum absolute atomic E-state index is 0.200. The Morgan fingerprint density at radius 1 is 1.31 bits per heavy atom. The van der Waals surface area contributed by atoms with Crippen LogP contribution in [0, 0.1) is 0 Å². The Bertz CT molecular complexity index is 368. The van der Waals surface area contributed by atoms with Crippen molar-refractivity contribution in [1.29, 1.82) is 0 Å². The molecule has 2 heteroatoms. The van der Waals surface area contributed by atoms with Crippen molar-refractivity contribution < 1.29 is 9.84 Å². The van der Waals surface area contributed by atoms with Crippen molar-refractivity contribution in [3.8, 4) is 0 Å². The molecule has 1 N–H and O–H groups in total. The first-order valence-electron chi connectivity index (χ1n) is 5.56. The highest BCUT2D eigenvalue weighted by Crippen LogP contribution is 2.11. The second-order valence-electron chi connectivity index (χ2n) is 3.81. The van der Waals surface area contributed by atoms with Crippen LogP contribution in [0.3, 0.4) is 0 Å². The van der Waals surface area contributed by atoms with E-state index in [0.29, 0.717) is 6.61 Å². The Balaban J connectivity index is 1.96. The minimum Gasteiger partial charge on any atom is -0.386 e. The van der Waals surface area contributed by atoms with E-state index in [-0.39, 0.29) is 6.10 Å². The Morgan fingerprint density at radius 2 is 2.12 bits per heavy atom. The number of rotatable bonds is 3. The number of hydrogen-bond donors (Lipinski definition) is 1. The molecular formula is C14H16O2. The predicted molar refractivity (Wildman–Crippen MR) is 65.0 cm³/mol. The van der Waals surface area contributed by atoms with Gasteiger partial charge in [0.25, 0.3) is 0 Å². The molecule has 0 saturated heterocycles. The number of aliphatic hydroxyl groups is 1. The molecule has 1 heterocycles. The maximum Gasteiger partial charge on any atom is 0.105 e. The van der Waals surface area contributed by atoms with Crippen molar-refractivity contribution in [2.45, 2.75) is 18.6 Å². The van der Waals surface area contributed by atoms with Gasteiger partial charge in [-0.2, -0.15) is 0 Å². The van der Waals surface area contributed by atoms with Crippen LogP contribution in [-0.2, 0) is 4.74 Å². The minimum atomic E-state index is -0.572. The van der Waals surface area contributed by atoms with Crippen molar-refractivity contribution in [2.75, 3.05) is 6.61 Å². The highest BCUT2D eigenvalue weighted by Gasteiger charge is 2.15. The molecule has 0 saturated carbocycles. The molecule has 1 aromatic carbocycles. The summed E-state index contributed by atoms with van der Waals surface area (Å²) < 4.78 is 5.44. The molecule has 1 aromatic rings. The summed E-state index contributed by atoms with van der Waals surface area (Å²) in [6.45, 7) is 0.692. The summed E-state index contributed by atoms with van der Waals surface area (Å²) in [5.41, 5.74) is 1.08. The second-order valence-corrected chi connectivity index (χ2v) is 3.81. The molecule has 1 aliphatic heterocycles. The molecule has 2 atom stereocenters. The third-order valence-corrected chi connectivity index (χ3v) is 2.54. The average molecular weight is 216 g/mol. The van der Waals surface area contributed by atoms with Gasteiger partial charge in [0.2, 0.25) is 0 Å². The van der Waals surface area contributed by atoms with Crippen LogP contribution in [0.1, 0.15) is 12.0 Å². The third-order valence-electron chi connectivity index (χ3n) is 2.54. The SMILES string of the molecule is O[C@H](/C=C/c1ccccc1)[C@H]1C=CCCO1. The third kappa shape index (κ3) is 3.05. The highest BCUT2D eigenvalue weighted by molar-refractivity contribution is 5.49. The van der Waals surface area contributed by atoms with E-state index in [4.69, 9.17) is 4.74 Å². The van der Waals surface area contributed by atoms with Gasteiger partial charge in [0, 0.05) is 0 Å². The summed E-state index contributed by atoms with van der Waals surface area (Å²) >= 11 is 0. The first kappa shape index (κ1) is 11.1. The van der Waals surface area contributed by atoms with Crippen LogP contribution in [0.15, 0.2) is 48.6 Å². The van der Waals surface area contributed by atoms with Crippen LogP contribution in [0.5, 0.6) is 0 Å². The maximum absolute atomic E-state index is 9.87. The van der Waals surface area contributed by atoms with E-state index >= 15 is 0 Å². The number of hydrogen-bond acceptors (Lipinski definition) is 2. The van der Waals surface area contributed by atoms with Crippen LogP contribution in [-0.4, -0.2) is 23.9 Å². The molecule has 0 fully saturated rings. The molecule has 0 unspecified atom stereocenters. The highest BCUT2D eigenvalue weighted by atomic mass is 16.5. The standard InChI is InChI=1S/C14H16O2/c15-13(14-8-4-5-11-16-14)10-9-12-6-2-1-3-7-12/h1-4,6-10,13-15H,5,11H2/b10-9+/t13-,14-/m1/s1. The van der Waals surface area contributed by atoms with Gasteiger partial charge in [-0.3, -0.25) is 0 Å². The van der Waals surface area contributed by atoms with Gasteiger partial charge < -0.3 is 9.84 Å². The van der Waals surface area contributed by atoms with E-state index in [1.165, 1.54) is 0 Å².